The molecule has 25 heavy (non-hydrogen) atoms. The molecule has 2 rings (SSSR count). The number of aryl methyl sites for hydroxylation is 1. The van der Waals surface area contributed by atoms with Gasteiger partial charge in [-0.1, -0.05) is 36.2 Å². The minimum atomic E-state index is -0.114. The number of unbranched alkanes of at least 4 members (excludes halogenated alkanes) is 1. The number of nitrogens with two attached hydrogens (primary N) is 1. The summed E-state index contributed by atoms with van der Waals surface area (Å²) < 4.78 is 1.69. The smallest absolute Gasteiger partial charge is 0.267 e. The van der Waals surface area contributed by atoms with Crippen LogP contribution in [0, 0.1) is 0 Å². The molecule has 0 amide bonds. The monoisotopic (exact) mass is 359 g/mol. The Morgan fingerprint density at radius 2 is 2.08 bits per heavy atom. The third kappa shape index (κ3) is 4.59. The van der Waals surface area contributed by atoms with Crippen LogP contribution < -0.4 is 11.3 Å². The molecule has 0 spiro atoms. The van der Waals surface area contributed by atoms with Gasteiger partial charge in [0.15, 0.2) is 0 Å². The zero-order chi connectivity index (χ0) is 18.4. The second kappa shape index (κ2) is 8.97. The fraction of sp³-hybridized carbons (Fsp3) is 0.400. The second-order valence-corrected chi connectivity index (χ2v) is 6.60. The lowest BCUT2D eigenvalue weighted by molar-refractivity contribution is 0.696. The van der Waals surface area contributed by atoms with E-state index in [9.17, 15) is 4.79 Å². The van der Waals surface area contributed by atoms with Crippen LogP contribution in [0.3, 0.4) is 0 Å². The van der Waals surface area contributed by atoms with Crippen molar-refractivity contribution in [3.63, 3.8) is 0 Å². The Kier molecular flexibility index (Phi) is 6.97. The average Bonchev–Trinajstić information content (AvgIpc) is 2.55. The van der Waals surface area contributed by atoms with Crippen molar-refractivity contribution in [2.75, 3.05) is 6.54 Å². The van der Waals surface area contributed by atoms with Gasteiger partial charge in [-0.05, 0) is 57.9 Å². The van der Waals surface area contributed by atoms with Crippen LogP contribution in [0.25, 0.3) is 16.6 Å². The van der Waals surface area contributed by atoms with Gasteiger partial charge in [0.05, 0.1) is 15.9 Å². The van der Waals surface area contributed by atoms with Crippen LogP contribution in [0.1, 0.15) is 45.9 Å². The first-order chi connectivity index (χ1) is 12.0. The molecule has 4 nitrogen and oxygen atoms in total. The molecule has 5 heteroatoms. The molecule has 0 aliphatic rings. The molecule has 1 heterocycles. The van der Waals surface area contributed by atoms with E-state index >= 15 is 0 Å². The fourth-order valence-corrected chi connectivity index (χ4v) is 3.22. The Bertz CT molecular complexity index is 865. The summed E-state index contributed by atoms with van der Waals surface area (Å²) in [5.41, 5.74) is 8.11. The highest BCUT2D eigenvalue weighted by Gasteiger charge is 2.14. The lowest BCUT2D eigenvalue weighted by atomic mass is 10.1. The summed E-state index contributed by atoms with van der Waals surface area (Å²) in [6, 6.07) is 5.38. The maximum atomic E-state index is 13.1. The lowest BCUT2D eigenvalue weighted by Gasteiger charge is -2.15. The maximum absolute atomic E-state index is 13.1. The zero-order valence-corrected chi connectivity index (χ0v) is 15.9. The highest BCUT2D eigenvalue weighted by molar-refractivity contribution is 6.35. The molecule has 1 aromatic heterocycles. The quantitative estimate of drug-likeness (QED) is 0.582. The molecule has 0 aliphatic carbocycles. The van der Waals surface area contributed by atoms with E-state index in [0.29, 0.717) is 28.9 Å². The maximum Gasteiger partial charge on any atom is 0.267 e. The van der Waals surface area contributed by atoms with Gasteiger partial charge in [-0.2, -0.15) is 0 Å². The predicted molar refractivity (Wildman–Crippen MR) is 107 cm³/mol. The number of aromatic nitrogens is 2. The predicted octanol–water partition coefficient (Wildman–Crippen LogP) is 4.55. The van der Waals surface area contributed by atoms with Gasteiger partial charge in [-0.3, -0.25) is 9.36 Å². The minimum Gasteiger partial charge on any atom is -0.330 e. The largest absolute Gasteiger partial charge is 0.330 e. The van der Waals surface area contributed by atoms with Crippen LogP contribution in [0.15, 0.2) is 40.7 Å². The Morgan fingerprint density at radius 3 is 2.76 bits per heavy atom. The Hall–Kier alpha value is -1.91. The molecule has 0 unspecified atom stereocenters. The topological polar surface area (TPSA) is 60.9 Å². The number of hydrogen-bond acceptors (Lipinski definition) is 3. The van der Waals surface area contributed by atoms with Crippen molar-refractivity contribution in [3.05, 3.63) is 57.1 Å². The van der Waals surface area contributed by atoms with E-state index < -0.39 is 0 Å². The summed E-state index contributed by atoms with van der Waals surface area (Å²) in [5, 5.41) is 0.905. The van der Waals surface area contributed by atoms with E-state index in [2.05, 4.69) is 13.0 Å². The van der Waals surface area contributed by atoms with Gasteiger partial charge in [0, 0.05) is 12.1 Å². The van der Waals surface area contributed by atoms with Crippen LogP contribution in [0.5, 0.6) is 0 Å². The van der Waals surface area contributed by atoms with Crippen LogP contribution in [0.2, 0.25) is 5.02 Å². The van der Waals surface area contributed by atoms with E-state index in [0.717, 1.165) is 36.4 Å². The number of hydrogen-bond donors (Lipinski definition) is 1. The molecule has 0 saturated carbocycles. The molecule has 2 aromatic rings. The van der Waals surface area contributed by atoms with Gasteiger partial charge >= 0.3 is 0 Å². The number of benzene rings is 1. The van der Waals surface area contributed by atoms with E-state index in [1.165, 1.54) is 0 Å². The van der Waals surface area contributed by atoms with Gasteiger partial charge in [-0.25, -0.2) is 4.98 Å². The second-order valence-electron chi connectivity index (χ2n) is 6.19. The third-order valence-corrected chi connectivity index (χ3v) is 4.40. The SMILES string of the molecule is CC/C=C(C)\C=C(/C)n1c(CCCCN)nc2cccc(Cl)c2c1=O. The van der Waals surface area contributed by atoms with Crippen molar-refractivity contribution in [2.45, 2.75) is 46.5 Å². The van der Waals surface area contributed by atoms with Crippen LogP contribution >= 0.6 is 11.6 Å². The minimum absolute atomic E-state index is 0.114. The molecular weight excluding hydrogens is 334 g/mol. The highest BCUT2D eigenvalue weighted by Crippen LogP contribution is 2.21. The molecule has 0 radical (unpaired) electrons. The van der Waals surface area contributed by atoms with Crippen LogP contribution in [0.4, 0.5) is 0 Å². The molecule has 0 atom stereocenters. The molecule has 0 aliphatic heterocycles. The van der Waals surface area contributed by atoms with Gasteiger partial charge in [0.1, 0.15) is 5.82 Å². The van der Waals surface area contributed by atoms with Crippen molar-refractivity contribution in [1.82, 2.24) is 9.55 Å². The van der Waals surface area contributed by atoms with Crippen molar-refractivity contribution in [3.8, 4) is 0 Å². The molecule has 134 valence electrons. The Morgan fingerprint density at radius 1 is 1.32 bits per heavy atom. The first kappa shape index (κ1) is 19.4. The van der Waals surface area contributed by atoms with Crippen LogP contribution in [-0.2, 0) is 6.42 Å². The zero-order valence-electron chi connectivity index (χ0n) is 15.2. The standard InChI is InChI=1S/C20H26ClN3O/c1-4-8-14(2)13-15(3)24-18(11-5-6-12-22)23-17-10-7-9-16(21)19(17)20(24)25/h7-10,13H,4-6,11-12,22H2,1-3H3/b14-8-,15-13+. The van der Waals surface area contributed by atoms with E-state index in [4.69, 9.17) is 22.3 Å². The van der Waals surface area contributed by atoms with E-state index in [-0.39, 0.29) is 5.56 Å². The summed E-state index contributed by atoms with van der Waals surface area (Å²) in [4.78, 5) is 17.9. The first-order valence-electron chi connectivity index (χ1n) is 8.75. The lowest BCUT2D eigenvalue weighted by Crippen LogP contribution is -2.24. The fourth-order valence-electron chi connectivity index (χ4n) is 2.97. The van der Waals surface area contributed by atoms with Crippen molar-refractivity contribution in [2.24, 2.45) is 5.73 Å². The number of allylic oxidation sites excluding steroid dienone is 4. The number of nitrogens with zero attached hydrogens (tertiary/aromatic N) is 2. The summed E-state index contributed by atoms with van der Waals surface area (Å²) in [5.74, 6) is 0.756. The van der Waals surface area contributed by atoms with Gasteiger partial charge in [0.25, 0.3) is 5.56 Å². The summed E-state index contributed by atoms with van der Waals surface area (Å²) in [7, 11) is 0. The molecule has 2 N–H and O–H groups in total. The van der Waals surface area contributed by atoms with Gasteiger partial charge in [0.2, 0.25) is 0 Å². The third-order valence-electron chi connectivity index (χ3n) is 4.09. The molecule has 0 saturated heterocycles. The van der Waals surface area contributed by atoms with Crippen molar-refractivity contribution in [1.29, 1.82) is 0 Å². The van der Waals surface area contributed by atoms with E-state index in [1.807, 2.05) is 32.1 Å². The number of fused-ring (bicyclic) bond motifs is 1. The normalized spacial score (nSPS) is 12.8. The molecule has 0 fully saturated rings. The Balaban J connectivity index is 2.67. The van der Waals surface area contributed by atoms with Crippen molar-refractivity contribution < 1.29 is 0 Å². The van der Waals surface area contributed by atoms with Gasteiger partial charge in [-0.15, -0.1) is 0 Å². The van der Waals surface area contributed by atoms with E-state index in [1.54, 1.807) is 10.6 Å². The van der Waals surface area contributed by atoms with Crippen molar-refractivity contribution >= 4 is 28.2 Å². The number of halogens is 1. The first-order valence-corrected chi connectivity index (χ1v) is 9.13. The molecular formula is C20H26ClN3O. The summed E-state index contributed by atoms with van der Waals surface area (Å²) in [6.07, 6.45) is 7.60. The molecule has 0 bridgehead atoms. The average molecular weight is 360 g/mol. The summed E-state index contributed by atoms with van der Waals surface area (Å²) in [6.45, 7) is 6.70. The van der Waals surface area contributed by atoms with Gasteiger partial charge < -0.3 is 5.73 Å². The Labute approximate surface area is 154 Å². The highest BCUT2D eigenvalue weighted by atomic mass is 35.5. The number of rotatable bonds is 7. The summed E-state index contributed by atoms with van der Waals surface area (Å²) >= 11 is 6.27. The van der Waals surface area contributed by atoms with Crippen LogP contribution in [-0.4, -0.2) is 16.1 Å². The molecule has 1 aromatic carbocycles.